The van der Waals surface area contributed by atoms with Gasteiger partial charge in [-0.15, -0.1) is 0 Å². The van der Waals surface area contributed by atoms with Gasteiger partial charge in [0.05, 0.1) is 0 Å². The Morgan fingerprint density at radius 3 is 2.50 bits per heavy atom. The van der Waals surface area contributed by atoms with Crippen molar-refractivity contribution >= 4 is 9.04 Å². The normalized spacial score (nSPS) is 22.5. The largest absolute Gasteiger partial charge is 0.420 e. The smallest absolute Gasteiger partial charge is 0.176 e. The molecule has 0 radical (unpaired) electrons. The van der Waals surface area contributed by atoms with Gasteiger partial charge in [-0.25, -0.2) is 0 Å². The minimum atomic E-state index is -0.685. The first-order chi connectivity index (χ1) is 6.93. The molecule has 1 rings (SSSR count). The Labute approximate surface area is 91.0 Å². The molecule has 1 saturated heterocycles. The van der Waals surface area contributed by atoms with Gasteiger partial charge in [-0.2, -0.15) is 0 Å². The first-order valence-electron chi connectivity index (χ1n) is 6.55. The Morgan fingerprint density at radius 2 is 1.79 bits per heavy atom. The van der Waals surface area contributed by atoms with E-state index in [0.29, 0.717) is 0 Å². The van der Waals surface area contributed by atoms with Crippen LogP contribution in [0.1, 0.15) is 58.3 Å². The molecule has 1 unspecified atom stereocenters. The molecule has 1 aliphatic rings. The minimum absolute atomic E-state index is 0.685. The molecule has 0 bridgehead atoms. The van der Waals surface area contributed by atoms with Gasteiger partial charge in [-0.1, -0.05) is 51.9 Å². The summed E-state index contributed by atoms with van der Waals surface area (Å²) in [7, 11) is -0.685. The van der Waals surface area contributed by atoms with E-state index in [1.807, 2.05) is 0 Å². The van der Waals surface area contributed by atoms with Crippen LogP contribution >= 0.6 is 0 Å². The van der Waals surface area contributed by atoms with Crippen LogP contribution in [0.15, 0.2) is 0 Å². The predicted molar refractivity (Wildman–Crippen MR) is 65.3 cm³/mol. The summed E-state index contributed by atoms with van der Waals surface area (Å²) in [5, 5.41) is 0. The molecule has 1 aliphatic heterocycles. The van der Waals surface area contributed by atoms with Gasteiger partial charge in [0.25, 0.3) is 0 Å². The highest BCUT2D eigenvalue weighted by Gasteiger charge is 2.14. The lowest BCUT2D eigenvalue weighted by molar-refractivity contribution is 0.285. The maximum absolute atomic E-state index is 5.84. The van der Waals surface area contributed by atoms with Crippen molar-refractivity contribution < 1.29 is 4.43 Å². The Hall–Kier alpha value is 0.177. The topological polar surface area (TPSA) is 9.23 Å². The zero-order valence-electron chi connectivity index (χ0n) is 9.76. The summed E-state index contributed by atoms with van der Waals surface area (Å²) in [6.45, 7) is 3.36. The molecule has 0 aromatic rings. The summed E-state index contributed by atoms with van der Waals surface area (Å²) >= 11 is 0. The Kier molecular flexibility index (Phi) is 7.42. The molecule has 0 aromatic heterocycles. The van der Waals surface area contributed by atoms with Crippen molar-refractivity contribution in [1.82, 2.24) is 0 Å². The summed E-state index contributed by atoms with van der Waals surface area (Å²) in [5.74, 6) is 0. The maximum atomic E-state index is 5.84. The zero-order chi connectivity index (χ0) is 10.1. The van der Waals surface area contributed by atoms with Crippen LogP contribution in [-0.2, 0) is 4.43 Å². The fraction of sp³-hybridized carbons (Fsp3) is 1.00. The summed E-state index contributed by atoms with van der Waals surface area (Å²) in [5.41, 5.74) is 0. The van der Waals surface area contributed by atoms with Crippen LogP contribution in [0.4, 0.5) is 0 Å². The van der Waals surface area contributed by atoms with Crippen LogP contribution in [0, 0.1) is 0 Å². The van der Waals surface area contributed by atoms with Gasteiger partial charge in [0.1, 0.15) is 0 Å². The molecule has 0 aliphatic carbocycles. The second kappa shape index (κ2) is 8.48. The van der Waals surface area contributed by atoms with Gasteiger partial charge in [0.2, 0.25) is 0 Å². The summed E-state index contributed by atoms with van der Waals surface area (Å²) in [6, 6.07) is 2.90. The number of hydrogen-bond donors (Lipinski definition) is 0. The van der Waals surface area contributed by atoms with Crippen LogP contribution < -0.4 is 0 Å². The summed E-state index contributed by atoms with van der Waals surface area (Å²) in [6.07, 6.45) is 11.4. The van der Waals surface area contributed by atoms with E-state index in [1.54, 1.807) is 0 Å². The first-order valence-corrected chi connectivity index (χ1v) is 8.65. The zero-order valence-corrected chi connectivity index (χ0v) is 10.9. The van der Waals surface area contributed by atoms with Crippen molar-refractivity contribution in [3.8, 4) is 0 Å². The molecule has 0 amide bonds. The molecule has 14 heavy (non-hydrogen) atoms. The van der Waals surface area contributed by atoms with E-state index in [-0.39, 0.29) is 0 Å². The molecule has 84 valence electrons. The Bertz CT molecular complexity index is 121. The molecular weight excluding hydrogens is 188 g/mol. The van der Waals surface area contributed by atoms with E-state index in [1.165, 1.54) is 63.5 Å². The van der Waals surface area contributed by atoms with Gasteiger partial charge in [-0.3, -0.25) is 0 Å². The monoisotopic (exact) mass is 214 g/mol. The van der Waals surface area contributed by atoms with Crippen LogP contribution in [-0.4, -0.2) is 15.6 Å². The van der Waals surface area contributed by atoms with Gasteiger partial charge in [-0.05, 0) is 18.5 Å². The molecule has 2 heteroatoms. The molecule has 1 heterocycles. The van der Waals surface area contributed by atoms with Crippen molar-refractivity contribution in [2.24, 2.45) is 0 Å². The Balaban J connectivity index is 1.82. The highest BCUT2D eigenvalue weighted by Crippen LogP contribution is 2.17. The van der Waals surface area contributed by atoms with E-state index < -0.39 is 9.04 Å². The van der Waals surface area contributed by atoms with E-state index in [4.69, 9.17) is 4.43 Å². The first kappa shape index (κ1) is 12.2. The fourth-order valence-electron chi connectivity index (χ4n) is 2.19. The second-order valence-corrected chi connectivity index (χ2v) is 7.28. The number of hydrogen-bond acceptors (Lipinski definition) is 1. The molecule has 1 atom stereocenters. The van der Waals surface area contributed by atoms with E-state index in [9.17, 15) is 0 Å². The van der Waals surface area contributed by atoms with E-state index in [0.717, 1.165) is 6.61 Å². The molecule has 1 nitrogen and oxygen atoms in total. The fourth-order valence-corrected chi connectivity index (χ4v) is 4.80. The van der Waals surface area contributed by atoms with E-state index >= 15 is 0 Å². The third-order valence-corrected chi connectivity index (χ3v) is 5.97. The third kappa shape index (κ3) is 5.81. The van der Waals surface area contributed by atoms with Gasteiger partial charge < -0.3 is 4.43 Å². The van der Waals surface area contributed by atoms with Crippen LogP contribution in [0.2, 0.25) is 12.1 Å². The van der Waals surface area contributed by atoms with Gasteiger partial charge in [0, 0.05) is 6.61 Å². The Morgan fingerprint density at radius 1 is 1.00 bits per heavy atom. The highest BCUT2D eigenvalue weighted by atomic mass is 28.3. The molecule has 0 spiro atoms. The van der Waals surface area contributed by atoms with Crippen molar-refractivity contribution in [2.75, 3.05) is 6.61 Å². The third-order valence-electron chi connectivity index (χ3n) is 3.15. The highest BCUT2D eigenvalue weighted by molar-refractivity contribution is 6.51. The standard InChI is InChI=1S/C12H26OSi/c1-2-3-4-5-6-8-11-14-12-9-7-10-13-14/h14H,2-12H2,1H3. The van der Waals surface area contributed by atoms with Crippen LogP contribution in [0.25, 0.3) is 0 Å². The van der Waals surface area contributed by atoms with Crippen LogP contribution in [0.3, 0.4) is 0 Å². The quantitative estimate of drug-likeness (QED) is 0.461. The average molecular weight is 214 g/mol. The van der Waals surface area contributed by atoms with E-state index in [2.05, 4.69) is 6.92 Å². The number of rotatable bonds is 7. The molecule has 0 N–H and O–H groups in total. The summed E-state index contributed by atoms with van der Waals surface area (Å²) in [4.78, 5) is 0. The molecular formula is C12H26OSi. The van der Waals surface area contributed by atoms with Crippen molar-refractivity contribution in [3.05, 3.63) is 0 Å². The maximum Gasteiger partial charge on any atom is 0.176 e. The number of unbranched alkanes of at least 4 members (excludes halogenated alkanes) is 5. The second-order valence-electron chi connectivity index (χ2n) is 4.55. The molecule has 0 aromatic carbocycles. The van der Waals surface area contributed by atoms with Gasteiger partial charge in [0.15, 0.2) is 9.04 Å². The summed E-state index contributed by atoms with van der Waals surface area (Å²) < 4.78 is 5.84. The van der Waals surface area contributed by atoms with Crippen molar-refractivity contribution in [3.63, 3.8) is 0 Å². The van der Waals surface area contributed by atoms with Gasteiger partial charge >= 0.3 is 0 Å². The lowest BCUT2D eigenvalue weighted by Crippen LogP contribution is -2.22. The molecule has 0 saturated carbocycles. The lowest BCUT2D eigenvalue weighted by atomic mass is 10.1. The van der Waals surface area contributed by atoms with Crippen LogP contribution in [0.5, 0.6) is 0 Å². The van der Waals surface area contributed by atoms with Crippen molar-refractivity contribution in [1.29, 1.82) is 0 Å². The average Bonchev–Trinajstić information content (AvgIpc) is 2.25. The minimum Gasteiger partial charge on any atom is -0.420 e. The SMILES string of the molecule is CCCCCCCC[SiH]1CCCCO1. The lowest BCUT2D eigenvalue weighted by Gasteiger charge is -2.20. The predicted octanol–water partition coefficient (Wildman–Crippen LogP) is 3.88. The van der Waals surface area contributed by atoms with Crippen molar-refractivity contribution in [2.45, 2.75) is 70.4 Å². The molecule has 1 fully saturated rings.